The number of hydrogen-bond donors (Lipinski definition) is 1. The van der Waals surface area contributed by atoms with Gasteiger partial charge in [0.15, 0.2) is 5.76 Å². The minimum absolute atomic E-state index is 0.0289. The van der Waals surface area contributed by atoms with E-state index >= 15 is 0 Å². The first-order chi connectivity index (χ1) is 6.86. The summed E-state index contributed by atoms with van der Waals surface area (Å²) in [5.41, 5.74) is 0.906. The Bertz CT molecular complexity index is 418. The van der Waals surface area contributed by atoms with Crippen LogP contribution in [0.2, 0.25) is 0 Å². The molecular formula is C11H9NO2. The molecule has 0 saturated heterocycles. The molecule has 1 aromatic carbocycles. The molecule has 2 rings (SSSR count). The lowest BCUT2D eigenvalue weighted by molar-refractivity contribution is 0.453. The van der Waals surface area contributed by atoms with Gasteiger partial charge in [-0.15, -0.1) is 0 Å². The second-order valence-electron chi connectivity index (χ2n) is 2.78. The van der Waals surface area contributed by atoms with Crippen molar-refractivity contribution < 1.29 is 9.52 Å². The van der Waals surface area contributed by atoms with E-state index in [1.54, 1.807) is 6.08 Å². The lowest BCUT2D eigenvalue weighted by Gasteiger charge is -1.94. The Morgan fingerprint density at radius 2 is 2.07 bits per heavy atom. The molecule has 3 nitrogen and oxygen atoms in total. The number of hydrogen-bond acceptors (Lipinski definition) is 3. The third-order valence-electron chi connectivity index (χ3n) is 1.75. The summed E-state index contributed by atoms with van der Waals surface area (Å²) < 4.78 is 4.94. The number of rotatable bonds is 2. The SMILES string of the molecule is O/C(=C\c1ccccc1)c1ncco1. The first-order valence-corrected chi connectivity index (χ1v) is 4.22. The van der Waals surface area contributed by atoms with Crippen molar-refractivity contribution in [3.8, 4) is 0 Å². The van der Waals surface area contributed by atoms with Gasteiger partial charge >= 0.3 is 0 Å². The summed E-state index contributed by atoms with van der Waals surface area (Å²) in [6.45, 7) is 0. The molecule has 0 saturated carbocycles. The molecule has 14 heavy (non-hydrogen) atoms. The number of benzene rings is 1. The monoisotopic (exact) mass is 187 g/mol. The van der Waals surface area contributed by atoms with Crippen LogP contribution < -0.4 is 0 Å². The Hall–Kier alpha value is -2.03. The standard InChI is InChI=1S/C11H9NO2/c13-10(11-12-6-7-14-11)8-9-4-2-1-3-5-9/h1-8,13H/b10-8-. The fourth-order valence-electron chi connectivity index (χ4n) is 1.12. The fraction of sp³-hybridized carbons (Fsp3) is 0. The van der Waals surface area contributed by atoms with E-state index in [0.29, 0.717) is 0 Å². The highest BCUT2D eigenvalue weighted by Gasteiger charge is 2.02. The average molecular weight is 187 g/mol. The smallest absolute Gasteiger partial charge is 0.261 e. The second-order valence-corrected chi connectivity index (χ2v) is 2.78. The van der Waals surface area contributed by atoms with Gasteiger partial charge in [0.25, 0.3) is 5.89 Å². The highest BCUT2D eigenvalue weighted by molar-refractivity contribution is 5.72. The molecule has 0 amide bonds. The number of nitrogens with zero attached hydrogens (tertiary/aromatic N) is 1. The van der Waals surface area contributed by atoms with Crippen LogP contribution in [0.5, 0.6) is 0 Å². The van der Waals surface area contributed by atoms with Gasteiger partial charge in [-0.05, 0) is 11.6 Å². The molecule has 1 N–H and O–H groups in total. The zero-order valence-electron chi connectivity index (χ0n) is 7.42. The van der Waals surface area contributed by atoms with Crippen LogP contribution in [0, 0.1) is 0 Å². The van der Waals surface area contributed by atoms with Crippen LogP contribution in [-0.2, 0) is 0 Å². The molecule has 0 radical (unpaired) electrons. The van der Waals surface area contributed by atoms with Gasteiger partial charge < -0.3 is 9.52 Å². The normalized spacial score (nSPS) is 11.6. The zero-order chi connectivity index (χ0) is 9.80. The molecule has 1 heterocycles. The molecule has 70 valence electrons. The highest BCUT2D eigenvalue weighted by Crippen LogP contribution is 2.12. The largest absolute Gasteiger partial charge is 0.503 e. The number of oxazole rings is 1. The van der Waals surface area contributed by atoms with Gasteiger partial charge in [0, 0.05) is 0 Å². The molecule has 0 aliphatic rings. The van der Waals surface area contributed by atoms with Crippen molar-refractivity contribution in [3.63, 3.8) is 0 Å². The van der Waals surface area contributed by atoms with Crippen LogP contribution in [0.1, 0.15) is 11.5 Å². The minimum Gasteiger partial charge on any atom is -0.503 e. The van der Waals surface area contributed by atoms with Crippen LogP contribution in [0.4, 0.5) is 0 Å². The van der Waals surface area contributed by atoms with E-state index in [-0.39, 0.29) is 11.6 Å². The summed E-state index contributed by atoms with van der Waals surface area (Å²) in [5, 5.41) is 9.57. The third-order valence-corrected chi connectivity index (χ3v) is 1.75. The van der Waals surface area contributed by atoms with Crippen LogP contribution in [-0.4, -0.2) is 10.1 Å². The fourth-order valence-corrected chi connectivity index (χ4v) is 1.12. The summed E-state index contributed by atoms with van der Waals surface area (Å²) >= 11 is 0. The molecule has 0 atom stereocenters. The first kappa shape index (κ1) is 8.56. The number of aliphatic hydroxyl groups is 1. The number of aliphatic hydroxyl groups excluding tert-OH is 1. The predicted octanol–water partition coefficient (Wildman–Crippen LogP) is 2.73. The Kier molecular flexibility index (Phi) is 2.32. The van der Waals surface area contributed by atoms with Crippen molar-refractivity contribution in [2.24, 2.45) is 0 Å². The topological polar surface area (TPSA) is 46.3 Å². The van der Waals surface area contributed by atoms with Gasteiger partial charge in [-0.25, -0.2) is 4.98 Å². The molecule has 0 unspecified atom stereocenters. The van der Waals surface area contributed by atoms with E-state index in [1.165, 1.54) is 12.5 Å². The van der Waals surface area contributed by atoms with E-state index in [2.05, 4.69) is 4.98 Å². The molecule has 0 fully saturated rings. The third kappa shape index (κ3) is 1.82. The molecular weight excluding hydrogens is 178 g/mol. The van der Waals surface area contributed by atoms with E-state index in [0.717, 1.165) is 5.56 Å². The van der Waals surface area contributed by atoms with Crippen LogP contribution in [0.3, 0.4) is 0 Å². The molecule has 3 heteroatoms. The van der Waals surface area contributed by atoms with Crippen molar-refractivity contribution in [2.45, 2.75) is 0 Å². The van der Waals surface area contributed by atoms with Crippen molar-refractivity contribution >= 4 is 11.8 Å². The molecule has 0 bridgehead atoms. The van der Waals surface area contributed by atoms with Gasteiger partial charge in [0.05, 0.1) is 6.20 Å². The molecule has 2 aromatic rings. The van der Waals surface area contributed by atoms with Crippen molar-refractivity contribution in [2.75, 3.05) is 0 Å². The summed E-state index contributed by atoms with van der Waals surface area (Å²) in [4.78, 5) is 3.83. The van der Waals surface area contributed by atoms with E-state index in [1.807, 2.05) is 30.3 Å². The van der Waals surface area contributed by atoms with Crippen molar-refractivity contribution in [1.82, 2.24) is 4.98 Å². The van der Waals surface area contributed by atoms with Crippen LogP contribution in [0.15, 0.2) is 47.2 Å². The van der Waals surface area contributed by atoms with E-state index in [9.17, 15) is 5.11 Å². The molecule has 0 spiro atoms. The Morgan fingerprint density at radius 3 is 2.71 bits per heavy atom. The van der Waals surface area contributed by atoms with Crippen LogP contribution in [0.25, 0.3) is 11.8 Å². The second kappa shape index (κ2) is 3.79. The van der Waals surface area contributed by atoms with E-state index < -0.39 is 0 Å². The van der Waals surface area contributed by atoms with Gasteiger partial charge in [-0.3, -0.25) is 0 Å². The Morgan fingerprint density at radius 1 is 1.29 bits per heavy atom. The first-order valence-electron chi connectivity index (χ1n) is 4.22. The predicted molar refractivity (Wildman–Crippen MR) is 53.4 cm³/mol. The van der Waals surface area contributed by atoms with Crippen molar-refractivity contribution in [3.05, 3.63) is 54.2 Å². The highest BCUT2D eigenvalue weighted by atomic mass is 16.4. The quantitative estimate of drug-likeness (QED) is 0.735. The summed E-state index contributed by atoms with van der Waals surface area (Å²) in [5.74, 6) is 0.259. The lowest BCUT2D eigenvalue weighted by Crippen LogP contribution is -1.81. The summed E-state index contributed by atoms with van der Waals surface area (Å²) in [6, 6.07) is 9.49. The maximum atomic E-state index is 9.57. The molecule has 1 aromatic heterocycles. The van der Waals surface area contributed by atoms with Gasteiger partial charge in [0.1, 0.15) is 6.26 Å². The maximum Gasteiger partial charge on any atom is 0.261 e. The molecule has 0 aliphatic heterocycles. The minimum atomic E-state index is 0.0289. The maximum absolute atomic E-state index is 9.57. The van der Waals surface area contributed by atoms with Gasteiger partial charge in [0.2, 0.25) is 0 Å². The Balaban J connectivity index is 2.28. The Labute approximate surface area is 81.3 Å². The van der Waals surface area contributed by atoms with Crippen LogP contribution >= 0.6 is 0 Å². The summed E-state index contributed by atoms with van der Waals surface area (Å²) in [6.07, 6.45) is 4.51. The lowest BCUT2D eigenvalue weighted by atomic mass is 10.2. The number of aromatic nitrogens is 1. The van der Waals surface area contributed by atoms with Gasteiger partial charge in [-0.2, -0.15) is 0 Å². The van der Waals surface area contributed by atoms with Crippen molar-refractivity contribution in [1.29, 1.82) is 0 Å². The average Bonchev–Trinajstić information content (AvgIpc) is 2.72. The van der Waals surface area contributed by atoms with Gasteiger partial charge in [-0.1, -0.05) is 30.3 Å². The van der Waals surface area contributed by atoms with E-state index in [4.69, 9.17) is 4.42 Å². The molecule has 0 aliphatic carbocycles. The zero-order valence-corrected chi connectivity index (χ0v) is 7.42. The summed E-state index contributed by atoms with van der Waals surface area (Å²) in [7, 11) is 0.